The molecule has 1 saturated heterocycles. The molecule has 20 heavy (non-hydrogen) atoms. The molecule has 0 radical (unpaired) electrons. The van der Waals surface area contributed by atoms with E-state index in [1.54, 1.807) is 0 Å². The summed E-state index contributed by atoms with van der Waals surface area (Å²) in [6.45, 7) is 13.8. The Labute approximate surface area is 123 Å². The maximum absolute atomic E-state index is 4.14. The van der Waals surface area contributed by atoms with Crippen LogP contribution in [0.4, 0.5) is 0 Å². The molecule has 1 N–H and O–H groups in total. The highest BCUT2D eigenvalue weighted by Crippen LogP contribution is 2.30. The average Bonchev–Trinajstić information content (AvgIpc) is 2.47. The van der Waals surface area contributed by atoms with Crippen LogP contribution in [0.15, 0.2) is 24.5 Å². The van der Waals surface area contributed by atoms with Crippen LogP contribution in [0.5, 0.6) is 0 Å². The first-order valence-electron chi connectivity index (χ1n) is 7.87. The SMILES string of the molecule is CCC1(C)CN(C(C)c2ccncc2)C(C(C)C)CN1. The lowest BCUT2D eigenvalue weighted by atomic mass is 9.88. The number of nitrogens with zero attached hydrogens (tertiary/aromatic N) is 2. The van der Waals surface area contributed by atoms with Gasteiger partial charge in [0.15, 0.2) is 0 Å². The lowest BCUT2D eigenvalue weighted by molar-refractivity contribution is 0.0295. The first-order valence-corrected chi connectivity index (χ1v) is 7.87. The van der Waals surface area contributed by atoms with E-state index in [0.717, 1.165) is 19.5 Å². The Hall–Kier alpha value is -0.930. The summed E-state index contributed by atoms with van der Waals surface area (Å²) in [7, 11) is 0. The fraction of sp³-hybridized carbons (Fsp3) is 0.706. The standard InChI is InChI=1S/C17H29N3/c1-6-17(5)12-20(16(11-19-17)13(2)3)14(4)15-7-9-18-10-8-15/h7-10,13-14,16,19H,6,11-12H2,1-5H3. The number of piperazine rings is 1. The predicted octanol–water partition coefficient (Wildman–Crippen LogP) is 3.24. The quantitative estimate of drug-likeness (QED) is 0.914. The van der Waals surface area contributed by atoms with Crippen molar-refractivity contribution >= 4 is 0 Å². The fourth-order valence-corrected chi connectivity index (χ4v) is 3.16. The molecule has 3 unspecified atom stereocenters. The van der Waals surface area contributed by atoms with Gasteiger partial charge in [-0.1, -0.05) is 20.8 Å². The van der Waals surface area contributed by atoms with Crippen molar-refractivity contribution in [1.82, 2.24) is 15.2 Å². The summed E-state index contributed by atoms with van der Waals surface area (Å²) in [5, 5.41) is 3.76. The molecular weight excluding hydrogens is 246 g/mol. The summed E-state index contributed by atoms with van der Waals surface area (Å²) in [5.74, 6) is 0.660. The van der Waals surface area contributed by atoms with Crippen molar-refractivity contribution in [1.29, 1.82) is 0 Å². The van der Waals surface area contributed by atoms with Gasteiger partial charge in [0.2, 0.25) is 0 Å². The number of aromatic nitrogens is 1. The van der Waals surface area contributed by atoms with E-state index in [4.69, 9.17) is 0 Å². The van der Waals surface area contributed by atoms with Crippen LogP contribution in [0, 0.1) is 5.92 Å². The zero-order chi connectivity index (χ0) is 14.8. The molecule has 3 atom stereocenters. The number of pyridine rings is 1. The highest BCUT2D eigenvalue weighted by molar-refractivity contribution is 5.16. The van der Waals surface area contributed by atoms with Crippen LogP contribution in [0.2, 0.25) is 0 Å². The van der Waals surface area contributed by atoms with Crippen LogP contribution in [0.3, 0.4) is 0 Å². The normalized spacial score (nSPS) is 29.6. The maximum atomic E-state index is 4.14. The molecule has 2 heterocycles. The van der Waals surface area contributed by atoms with Crippen molar-refractivity contribution in [3.05, 3.63) is 30.1 Å². The van der Waals surface area contributed by atoms with Gasteiger partial charge in [-0.05, 0) is 43.9 Å². The highest BCUT2D eigenvalue weighted by Gasteiger charge is 2.38. The third-order valence-electron chi connectivity index (χ3n) is 4.93. The zero-order valence-electron chi connectivity index (χ0n) is 13.6. The van der Waals surface area contributed by atoms with Gasteiger partial charge in [-0.25, -0.2) is 0 Å². The minimum Gasteiger partial charge on any atom is -0.309 e. The molecule has 1 aromatic rings. The summed E-state index contributed by atoms with van der Waals surface area (Å²) in [6.07, 6.45) is 4.96. The second-order valence-electron chi connectivity index (χ2n) is 6.74. The van der Waals surface area contributed by atoms with Crippen LogP contribution in [-0.4, -0.2) is 34.6 Å². The molecule has 0 aliphatic carbocycles. The van der Waals surface area contributed by atoms with E-state index in [9.17, 15) is 0 Å². The van der Waals surface area contributed by atoms with Gasteiger partial charge in [-0.15, -0.1) is 0 Å². The van der Waals surface area contributed by atoms with Crippen LogP contribution in [0.1, 0.15) is 52.6 Å². The highest BCUT2D eigenvalue weighted by atomic mass is 15.3. The molecule has 0 aromatic carbocycles. The zero-order valence-corrected chi connectivity index (χ0v) is 13.6. The Morgan fingerprint density at radius 3 is 2.55 bits per heavy atom. The van der Waals surface area contributed by atoms with Crippen LogP contribution in [0.25, 0.3) is 0 Å². The van der Waals surface area contributed by atoms with Gasteiger partial charge >= 0.3 is 0 Å². The lowest BCUT2D eigenvalue weighted by Crippen LogP contribution is -2.64. The summed E-state index contributed by atoms with van der Waals surface area (Å²) in [4.78, 5) is 6.82. The Balaban J connectivity index is 2.23. The van der Waals surface area contributed by atoms with Crippen molar-refractivity contribution in [3.63, 3.8) is 0 Å². The van der Waals surface area contributed by atoms with Crippen LogP contribution < -0.4 is 5.32 Å². The largest absolute Gasteiger partial charge is 0.309 e. The smallest absolute Gasteiger partial charge is 0.0325 e. The average molecular weight is 275 g/mol. The van der Waals surface area contributed by atoms with Gasteiger partial charge in [0.05, 0.1) is 0 Å². The van der Waals surface area contributed by atoms with Gasteiger partial charge in [-0.2, -0.15) is 0 Å². The fourth-order valence-electron chi connectivity index (χ4n) is 3.16. The molecule has 0 saturated carbocycles. The van der Waals surface area contributed by atoms with Crippen LogP contribution >= 0.6 is 0 Å². The summed E-state index contributed by atoms with van der Waals surface area (Å²) in [5.41, 5.74) is 1.60. The number of nitrogens with one attached hydrogen (secondary N) is 1. The third-order valence-corrected chi connectivity index (χ3v) is 4.93. The molecule has 0 bridgehead atoms. The van der Waals surface area contributed by atoms with Crippen molar-refractivity contribution < 1.29 is 0 Å². The lowest BCUT2D eigenvalue weighted by Gasteiger charge is -2.50. The number of rotatable bonds is 4. The van der Waals surface area contributed by atoms with Gasteiger partial charge in [0.25, 0.3) is 0 Å². The molecule has 1 fully saturated rings. The minimum absolute atomic E-state index is 0.229. The van der Waals surface area contributed by atoms with Gasteiger partial charge < -0.3 is 5.32 Å². The molecule has 1 aliphatic rings. The Bertz CT molecular complexity index is 418. The van der Waals surface area contributed by atoms with Crippen LogP contribution in [-0.2, 0) is 0 Å². The van der Waals surface area contributed by atoms with Crippen molar-refractivity contribution in [3.8, 4) is 0 Å². The molecular formula is C17H29N3. The van der Waals surface area contributed by atoms with E-state index in [2.05, 4.69) is 62.0 Å². The van der Waals surface area contributed by atoms with E-state index < -0.39 is 0 Å². The first-order chi connectivity index (χ1) is 9.47. The van der Waals surface area contributed by atoms with E-state index in [-0.39, 0.29) is 5.54 Å². The first kappa shape index (κ1) is 15.5. The summed E-state index contributed by atoms with van der Waals surface area (Å²) >= 11 is 0. The van der Waals surface area contributed by atoms with Crippen molar-refractivity contribution in [2.24, 2.45) is 5.92 Å². The molecule has 3 nitrogen and oxygen atoms in total. The molecule has 1 aromatic heterocycles. The topological polar surface area (TPSA) is 28.2 Å². The number of hydrogen-bond donors (Lipinski definition) is 1. The second kappa shape index (κ2) is 6.23. The second-order valence-corrected chi connectivity index (χ2v) is 6.74. The number of hydrogen-bond acceptors (Lipinski definition) is 3. The Morgan fingerprint density at radius 2 is 2.00 bits per heavy atom. The molecule has 1 aliphatic heterocycles. The van der Waals surface area contributed by atoms with Crippen molar-refractivity contribution in [2.75, 3.05) is 13.1 Å². The minimum atomic E-state index is 0.229. The Kier molecular flexibility index (Phi) is 4.82. The predicted molar refractivity (Wildman–Crippen MR) is 84.7 cm³/mol. The molecule has 112 valence electrons. The van der Waals surface area contributed by atoms with Crippen molar-refractivity contribution in [2.45, 2.75) is 58.7 Å². The maximum Gasteiger partial charge on any atom is 0.0325 e. The monoisotopic (exact) mass is 275 g/mol. The molecule has 0 amide bonds. The van der Waals surface area contributed by atoms with E-state index in [1.807, 2.05) is 12.4 Å². The van der Waals surface area contributed by atoms with E-state index >= 15 is 0 Å². The summed E-state index contributed by atoms with van der Waals surface area (Å²) in [6, 6.07) is 5.33. The summed E-state index contributed by atoms with van der Waals surface area (Å²) < 4.78 is 0. The Morgan fingerprint density at radius 1 is 1.35 bits per heavy atom. The molecule has 3 heteroatoms. The van der Waals surface area contributed by atoms with Gasteiger partial charge in [0.1, 0.15) is 0 Å². The third kappa shape index (κ3) is 3.21. The van der Waals surface area contributed by atoms with Gasteiger partial charge in [-0.3, -0.25) is 9.88 Å². The van der Waals surface area contributed by atoms with Gasteiger partial charge in [0, 0.05) is 43.1 Å². The van der Waals surface area contributed by atoms with E-state index in [1.165, 1.54) is 5.56 Å². The molecule has 0 spiro atoms. The van der Waals surface area contributed by atoms with E-state index in [0.29, 0.717) is 18.0 Å². The molecule has 2 rings (SSSR count).